The van der Waals surface area contributed by atoms with E-state index in [-0.39, 0.29) is 0 Å². The van der Waals surface area contributed by atoms with E-state index in [2.05, 4.69) is 10.1 Å². The molecule has 0 bridgehead atoms. The van der Waals surface area contributed by atoms with E-state index < -0.39 is 5.91 Å². The molecule has 1 amide bonds. The maximum Gasteiger partial charge on any atom is 0.267 e. The van der Waals surface area contributed by atoms with Crippen LogP contribution in [0.1, 0.15) is 10.5 Å². The molecule has 0 aliphatic heterocycles. The van der Waals surface area contributed by atoms with Crippen LogP contribution in [0.3, 0.4) is 0 Å². The van der Waals surface area contributed by atoms with Crippen LogP contribution in [0.4, 0.5) is 0 Å². The lowest BCUT2D eigenvalue weighted by Crippen LogP contribution is -2.16. The van der Waals surface area contributed by atoms with Gasteiger partial charge in [-0.2, -0.15) is 5.10 Å². The Morgan fingerprint density at radius 1 is 1.31 bits per heavy atom. The second-order valence-corrected chi connectivity index (χ2v) is 3.49. The Balaban J connectivity index is 2.58. The standard InChI is InChI=1S/C11H8N4O/c12-11(16)10-5-7-1-3-13-6-8(7)9-2-4-14-15(9)10/h1-6H,(H2,12,16). The molecule has 5 heteroatoms. The van der Waals surface area contributed by atoms with Crippen molar-refractivity contribution in [1.29, 1.82) is 0 Å². The van der Waals surface area contributed by atoms with E-state index in [1.165, 1.54) is 4.52 Å². The van der Waals surface area contributed by atoms with Crippen LogP contribution in [-0.2, 0) is 0 Å². The highest BCUT2D eigenvalue weighted by Gasteiger charge is 2.10. The van der Waals surface area contributed by atoms with Crippen molar-refractivity contribution in [2.45, 2.75) is 0 Å². The van der Waals surface area contributed by atoms with Gasteiger partial charge in [0.2, 0.25) is 0 Å². The fourth-order valence-corrected chi connectivity index (χ4v) is 1.83. The fraction of sp³-hybridized carbons (Fsp3) is 0. The van der Waals surface area contributed by atoms with Crippen LogP contribution in [0.5, 0.6) is 0 Å². The molecular weight excluding hydrogens is 204 g/mol. The Morgan fingerprint density at radius 3 is 3.00 bits per heavy atom. The number of rotatable bonds is 1. The van der Waals surface area contributed by atoms with E-state index in [0.29, 0.717) is 5.69 Å². The first-order valence-electron chi connectivity index (χ1n) is 4.77. The van der Waals surface area contributed by atoms with Crippen LogP contribution in [-0.4, -0.2) is 20.5 Å². The molecule has 5 nitrogen and oxygen atoms in total. The number of fused-ring (bicyclic) bond motifs is 3. The summed E-state index contributed by atoms with van der Waals surface area (Å²) >= 11 is 0. The van der Waals surface area contributed by atoms with Gasteiger partial charge >= 0.3 is 0 Å². The SMILES string of the molecule is NC(=O)c1cc2ccncc2c2ccnn12. The van der Waals surface area contributed by atoms with Crippen molar-refractivity contribution in [3.63, 3.8) is 0 Å². The summed E-state index contributed by atoms with van der Waals surface area (Å²) < 4.78 is 1.53. The van der Waals surface area contributed by atoms with Crippen LogP contribution in [0, 0.1) is 0 Å². The average Bonchev–Trinajstić information content (AvgIpc) is 2.76. The molecule has 16 heavy (non-hydrogen) atoms. The van der Waals surface area contributed by atoms with Crippen LogP contribution in [0.15, 0.2) is 36.8 Å². The highest BCUT2D eigenvalue weighted by atomic mass is 16.1. The third kappa shape index (κ3) is 1.08. The zero-order valence-corrected chi connectivity index (χ0v) is 8.29. The number of nitrogens with zero attached hydrogens (tertiary/aromatic N) is 3. The summed E-state index contributed by atoms with van der Waals surface area (Å²) in [5.41, 5.74) is 6.52. The minimum Gasteiger partial charge on any atom is -0.364 e. The van der Waals surface area contributed by atoms with Gasteiger partial charge in [-0.05, 0) is 23.6 Å². The molecule has 0 radical (unpaired) electrons. The van der Waals surface area contributed by atoms with Crippen LogP contribution in [0.2, 0.25) is 0 Å². The first kappa shape index (κ1) is 8.84. The number of amides is 1. The highest BCUT2D eigenvalue weighted by Crippen LogP contribution is 2.20. The van der Waals surface area contributed by atoms with Crippen molar-refractivity contribution in [2.24, 2.45) is 5.73 Å². The molecule has 3 rings (SSSR count). The van der Waals surface area contributed by atoms with Crippen molar-refractivity contribution in [3.05, 3.63) is 42.5 Å². The van der Waals surface area contributed by atoms with E-state index >= 15 is 0 Å². The monoisotopic (exact) mass is 212 g/mol. The molecule has 0 fully saturated rings. The van der Waals surface area contributed by atoms with Crippen molar-refractivity contribution in [2.75, 3.05) is 0 Å². The fourth-order valence-electron chi connectivity index (χ4n) is 1.83. The molecule has 3 aromatic rings. The van der Waals surface area contributed by atoms with Crippen molar-refractivity contribution < 1.29 is 4.79 Å². The second-order valence-electron chi connectivity index (χ2n) is 3.49. The Kier molecular flexibility index (Phi) is 1.67. The number of pyridine rings is 2. The van der Waals surface area contributed by atoms with Gasteiger partial charge in [0.1, 0.15) is 5.69 Å². The average molecular weight is 212 g/mol. The molecule has 0 saturated heterocycles. The predicted octanol–water partition coefficient (Wildman–Crippen LogP) is 0.981. The lowest BCUT2D eigenvalue weighted by molar-refractivity contribution is 0.0993. The third-order valence-corrected chi connectivity index (χ3v) is 2.55. The molecule has 0 aliphatic carbocycles. The third-order valence-electron chi connectivity index (χ3n) is 2.55. The normalized spacial score (nSPS) is 11.0. The minimum atomic E-state index is -0.493. The molecule has 0 aliphatic rings. The van der Waals surface area contributed by atoms with E-state index in [1.54, 1.807) is 24.7 Å². The Labute approximate surface area is 90.5 Å². The maximum atomic E-state index is 11.3. The number of primary amides is 1. The lowest BCUT2D eigenvalue weighted by Gasteiger charge is -2.04. The van der Waals surface area contributed by atoms with Gasteiger partial charge in [-0.25, -0.2) is 4.52 Å². The summed E-state index contributed by atoms with van der Waals surface area (Å²) in [5.74, 6) is -0.493. The summed E-state index contributed by atoms with van der Waals surface area (Å²) in [6, 6.07) is 5.39. The largest absolute Gasteiger partial charge is 0.364 e. The topological polar surface area (TPSA) is 73.3 Å². The number of carbonyl (C=O) groups is 1. The van der Waals surface area contributed by atoms with Crippen LogP contribution < -0.4 is 5.73 Å². The Morgan fingerprint density at radius 2 is 2.19 bits per heavy atom. The van der Waals surface area contributed by atoms with Gasteiger partial charge in [-0.3, -0.25) is 9.78 Å². The van der Waals surface area contributed by atoms with E-state index in [9.17, 15) is 4.79 Å². The minimum absolute atomic E-state index is 0.374. The first-order valence-corrected chi connectivity index (χ1v) is 4.77. The summed E-state index contributed by atoms with van der Waals surface area (Å²) in [6.45, 7) is 0. The molecule has 0 spiro atoms. The van der Waals surface area contributed by atoms with Crippen LogP contribution >= 0.6 is 0 Å². The second kappa shape index (κ2) is 3.03. The lowest BCUT2D eigenvalue weighted by atomic mass is 10.1. The summed E-state index contributed by atoms with van der Waals surface area (Å²) in [5, 5.41) is 5.95. The van der Waals surface area contributed by atoms with Gasteiger partial charge < -0.3 is 5.73 Å². The van der Waals surface area contributed by atoms with Crippen molar-refractivity contribution in [1.82, 2.24) is 14.6 Å². The zero-order chi connectivity index (χ0) is 11.1. The zero-order valence-electron chi connectivity index (χ0n) is 8.29. The predicted molar refractivity (Wildman–Crippen MR) is 59.0 cm³/mol. The molecule has 3 heterocycles. The summed E-state index contributed by atoms with van der Waals surface area (Å²) in [7, 11) is 0. The van der Waals surface area contributed by atoms with E-state index in [4.69, 9.17) is 5.73 Å². The number of hydrogen-bond donors (Lipinski definition) is 1. The van der Waals surface area contributed by atoms with Crippen LogP contribution in [0.25, 0.3) is 16.3 Å². The van der Waals surface area contributed by atoms with Crippen molar-refractivity contribution in [3.8, 4) is 0 Å². The first-order chi connectivity index (χ1) is 7.77. The Hall–Kier alpha value is -2.43. The summed E-state index contributed by atoms with van der Waals surface area (Å²) in [4.78, 5) is 15.4. The van der Waals surface area contributed by atoms with E-state index in [0.717, 1.165) is 16.3 Å². The van der Waals surface area contributed by atoms with Crippen molar-refractivity contribution >= 4 is 22.2 Å². The van der Waals surface area contributed by atoms with E-state index in [1.807, 2.05) is 12.1 Å². The highest BCUT2D eigenvalue weighted by molar-refractivity contribution is 6.01. The summed E-state index contributed by atoms with van der Waals surface area (Å²) in [6.07, 6.45) is 5.06. The molecular formula is C11H8N4O. The van der Waals surface area contributed by atoms with Gasteiger partial charge in [0.05, 0.1) is 11.7 Å². The van der Waals surface area contributed by atoms with Gasteiger partial charge in [0.25, 0.3) is 5.91 Å². The molecule has 0 atom stereocenters. The Bertz CT molecular complexity index is 701. The number of hydrogen-bond acceptors (Lipinski definition) is 3. The maximum absolute atomic E-state index is 11.3. The number of aromatic nitrogens is 3. The van der Waals surface area contributed by atoms with Gasteiger partial charge in [0, 0.05) is 17.8 Å². The molecule has 3 aromatic heterocycles. The quantitative estimate of drug-likeness (QED) is 0.653. The van der Waals surface area contributed by atoms with Gasteiger partial charge in [-0.1, -0.05) is 0 Å². The molecule has 0 unspecified atom stereocenters. The van der Waals surface area contributed by atoms with Gasteiger partial charge in [0.15, 0.2) is 0 Å². The molecule has 0 aromatic carbocycles. The smallest absolute Gasteiger partial charge is 0.267 e. The number of carbonyl (C=O) groups excluding carboxylic acids is 1. The molecule has 78 valence electrons. The number of nitrogens with two attached hydrogens (primary N) is 1. The van der Waals surface area contributed by atoms with Gasteiger partial charge in [-0.15, -0.1) is 0 Å². The molecule has 0 saturated carbocycles. The molecule has 2 N–H and O–H groups in total.